The van der Waals surface area contributed by atoms with E-state index >= 15 is 0 Å². The van der Waals surface area contributed by atoms with Gasteiger partial charge in [-0.2, -0.15) is 0 Å². The summed E-state index contributed by atoms with van der Waals surface area (Å²) >= 11 is 5.49. The van der Waals surface area contributed by atoms with Gasteiger partial charge in [-0.15, -0.1) is 11.3 Å². The van der Waals surface area contributed by atoms with E-state index in [2.05, 4.69) is 45.4 Å². The Bertz CT molecular complexity index is 267. The highest BCUT2D eigenvalue weighted by Crippen LogP contribution is 2.33. The minimum atomic E-state index is 0.794. The SMILES string of the molecule is CN(Cc1cccs1)CC1CC(Br)C1. The van der Waals surface area contributed by atoms with E-state index < -0.39 is 0 Å². The second kappa shape index (κ2) is 4.77. The fourth-order valence-electron chi connectivity index (χ4n) is 1.98. The zero-order valence-electron chi connectivity index (χ0n) is 8.45. The lowest BCUT2D eigenvalue weighted by Crippen LogP contribution is -2.34. The normalized spacial score (nSPS) is 26.5. The van der Waals surface area contributed by atoms with Gasteiger partial charge in [-0.1, -0.05) is 22.0 Å². The second-order valence-corrected chi connectivity index (χ2v) is 6.54. The first-order valence-corrected chi connectivity index (χ1v) is 6.88. The fraction of sp³-hybridized carbons (Fsp3) is 0.636. The maximum Gasteiger partial charge on any atom is 0.0324 e. The van der Waals surface area contributed by atoms with Crippen molar-refractivity contribution in [3.63, 3.8) is 0 Å². The molecule has 0 radical (unpaired) electrons. The minimum absolute atomic E-state index is 0.794. The average molecular weight is 274 g/mol. The van der Waals surface area contributed by atoms with Crippen molar-refractivity contribution >= 4 is 27.3 Å². The number of thiophene rings is 1. The standard InChI is InChI=1S/C11H16BrNS/c1-13(7-9-5-10(12)6-9)8-11-3-2-4-14-11/h2-4,9-10H,5-8H2,1H3. The highest BCUT2D eigenvalue weighted by Gasteiger charge is 2.27. The molecule has 14 heavy (non-hydrogen) atoms. The molecule has 0 aromatic carbocycles. The minimum Gasteiger partial charge on any atom is -0.301 e. The van der Waals surface area contributed by atoms with Crippen LogP contribution in [0.15, 0.2) is 17.5 Å². The van der Waals surface area contributed by atoms with E-state index in [-0.39, 0.29) is 0 Å². The number of alkyl halides is 1. The Balaban J connectivity index is 1.71. The summed E-state index contributed by atoms with van der Waals surface area (Å²) in [5.41, 5.74) is 0. The molecular formula is C11H16BrNS. The van der Waals surface area contributed by atoms with E-state index in [0.29, 0.717) is 0 Å². The molecule has 78 valence electrons. The summed E-state index contributed by atoms with van der Waals surface area (Å²) in [5, 5.41) is 2.15. The number of nitrogens with zero attached hydrogens (tertiary/aromatic N) is 1. The first-order valence-electron chi connectivity index (χ1n) is 5.09. The Kier molecular flexibility index (Phi) is 3.63. The van der Waals surface area contributed by atoms with Crippen molar-refractivity contribution in [2.24, 2.45) is 5.92 Å². The predicted molar refractivity (Wildman–Crippen MR) is 66.1 cm³/mol. The highest BCUT2D eigenvalue weighted by molar-refractivity contribution is 9.09. The Morgan fingerprint density at radius 2 is 2.36 bits per heavy atom. The lowest BCUT2D eigenvalue weighted by atomic mass is 9.85. The lowest BCUT2D eigenvalue weighted by molar-refractivity contribution is 0.209. The molecule has 1 aromatic heterocycles. The molecule has 1 aromatic rings. The van der Waals surface area contributed by atoms with Gasteiger partial charge in [0.05, 0.1) is 0 Å². The number of hydrogen-bond acceptors (Lipinski definition) is 2. The van der Waals surface area contributed by atoms with Gasteiger partial charge in [0.1, 0.15) is 0 Å². The maximum absolute atomic E-state index is 3.63. The summed E-state index contributed by atoms with van der Waals surface area (Å²) in [6.45, 7) is 2.36. The molecule has 3 heteroatoms. The summed E-state index contributed by atoms with van der Waals surface area (Å²) in [6, 6.07) is 4.35. The third kappa shape index (κ3) is 2.81. The van der Waals surface area contributed by atoms with Crippen LogP contribution in [0.1, 0.15) is 17.7 Å². The van der Waals surface area contributed by atoms with Crippen LogP contribution < -0.4 is 0 Å². The maximum atomic E-state index is 3.63. The first-order chi connectivity index (χ1) is 6.74. The van der Waals surface area contributed by atoms with Crippen LogP contribution in [0.3, 0.4) is 0 Å². The highest BCUT2D eigenvalue weighted by atomic mass is 79.9. The van der Waals surface area contributed by atoms with Crippen LogP contribution in [-0.4, -0.2) is 23.3 Å². The van der Waals surface area contributed by atoms with Crippen LogP contribution in [0.5, 0.6) is 0 Å². The summed E-state index contributed by atoms with van der Waals surface area (Å²) in [7, 11) is 2.22. The van der Waals surface area contributed by atoms with Crippen molar-refractivity contribution in [2.75, 3.05) is 13.6 Å². The molecule has 0 spiro atoms. The predicted octanol–water partition coefficient (Wildman–Crippen LogP) is 3.35. The van der Waals surface area contributed by atoms with Gasteiger partial charge in [0.15, 0.2) is 0 Å². The molecule has 0 atom stereocenters. The zero-order valence-corrected chi connectivity index (χ0v) is 10.9. The van der Waals surface area contributed by atoms with Crippen molar-refractivity contribution in [3.05, 3.63) is 22.4 Å². The summed E-state index contributed by atoms with van der Waals surface area (Å²) in [6.07, 6.45) is 2.71. The topological polar surface area (TPSA) is 3.24 Å². The van der Waals surface area contributed by atoms with Crippen molar-refractivity contribution in [1.29, 1.82) is 0 Å². The van der Waals surface area contributed by atoms with Gasteiger partial charge in [0.25, 0.3) is 0 Å². The second-order valence-electron chi connectivity index (χ2n) is 4.21. The Hall–Kier alpha value is 0.140. The molecule has 1 nitrogen and oxygen atoms in total. The molecule has 0 amide bonds. The van der Waals surface area contributed by atoms with Crippen LogP contribution in [0.25, 0.3) is 0 Å². The van der Waals surface area contributed by atoms with Crippen molar-refractivity contribution in [2.45, 2.75) is 24.2 Å². The molecule has 1 fully saturated rings. The molecule has 1 saturated carbocycles. The summed E-state index contributed by atoms with van der Waals surface area (Å²) in [4.78, 5) is 4.71. The molecule has 0 saturated heterocycles. The van der Waals surface area contributed by atoms with Crippen molar-refractivity contribution in [1.82, 2.24) is 4.90 Å². The van der Waals surface area contributed by atoms with Gasteiger partial charge in [-0.05, 0) is 37.3 Å². The van der Waals surface area contributed by atoms with E-state index in [1.54, 1.807) is 0 Å². The molecule has 0 N–H and O–H groups in total. The molecule has 1 heterocycles. The van der Waals surface area contributed by atoms with Crippen molar-refractivity contribution < 1.29 is 0 Å². The van der Waals surface area contributed by atoms with Gasteiger partial charge in [0.2, 0.25) is 0 Å². The number of halogens is 1. The van der Waals surface area contributed by atoms with Crippen LogP contribution in [0, 0.1) is 5.92 Å². The first kappa shape index (κ1) is 10.7. The van der Waals surface area contributed by atoms with E-state index in [1.165, 1.54) is 24.3 Å². The van der Waals surface area contributed by atoms with Gasteiger partial charge in [-0.3, -0.25) is 0 Å². The van der Waals surface area contributed by atoms with Gasteiger partial charge >= 0.3 is 0 Å². The Morgan fingerprint density at radius 1 is 1.57 bits per heavy atom. The molecule has 1 aliphatic rings. The van der Waals surface area contributed by atoms with Gasteiger partial charge in [0, 0.05) is 22.8 Å². The van der Waals surface area contributed by atoms with Gasteiger partial charge < -0.3 is 4.90 Å². The average Bonchev–Trinajstić information content (AvgIpc) is 2.54. The van der Waals surface area contributed by atoms with E-state index in [9.17, 15) is 0 Å². The molecule has 1 aliphatic carbocycles. The summed E-state index contributed by atoms with van der Waals surface area (Å²) in [5.74, 6) is 0.921. The summed E-state index contributed by atoms with van der Waals surface area (Å²) < 4.78 is 0. The largest absolute Gasteiger partial charge is 0.301 e. The third-order valence-corrected chi connectivity index (χ3v) is 4.36. The Morgan fingerprint density at radius 3 is 2.93 bits per heavy atom. The van der Waals surface area contributed by atoms with Crippen LogP contribution in [0.2, 0.25) is 0 Å². The lowest BCUT2D eigenvalue weighted by Gasteiger charge is -2.34. The molecule has 2 rings (SSSR count). The number of rotatable bonds is 4. The smallest absolute Gasteiger partial charge is 0.0324 e. The van der Waals surface area contributed by atoms with Crippen molar-refractivity contribution in [3.8, 4) is 0 Å². The van der Waals surface area contributed by atoms with Gasteiger partial charge in [-0.25, -0.2) is 0 Å². The fourth-order valence-corrected chi connectivity index (χ4v) is 3.82. The van der Waals surface area contributed by atoms with E-state index in [4.69, 9.17) is 0 Å². The van der Waals surface area contributed by atoms with E-state index in [0.717, 1.165) is 17.3 Å². The zero-order chi connectivity index (χ0) is 9.97. The molecule has 0 bridgehead atoms. The quantitative estimate of drug-likeness (QED) is 0.761. The van der Waals surface area contributed by atoms with Crippen LogP contribution >= 0.6 is 27.3 Å². The number of hydrogen-bond donors (Lipinski definition) is 0. The molecular weight excluding hydrogens is 258 g/mol. The van der Waals surface area contributed by atoms with Crippen LogP contribution in [0.4, 0.5) is 0 Å². The molecule has 0 aliphatic heterocycles. The molecule has 0 unspecified atom stereocenters. The van der Waals surface area contributed by atoms with E-state index in [1.807, 2.05) is 11.3 Å². The van der Waals surface area contributed by atoms with Crippen LogP contribution in [-0.2, 0) is 6.54 Å². The Labute approximate surface area is 98.2 Å². The third-order valence-electron chi connectivity index (χ3n) is 2.75. The monoisotopic (exact) mass is 273 g/mol.